The highest BCUT2D eigenvalue weighted by Crippen LogP contribution is 2.38. The van der Waals surface area contributed by atoms with E-state index in [0.717, 1.165) is 31.6 Å². The topological polar surface area (TPSA) is 29.9 Å². The maximum Gasteiger partial charge on any atom is 0.116 e. The summed E-state index contributed by atoms with van der Waals surface area (Å²) in [5.74, 6) is 1.34. The average Bonchev–Trinajstić information content (AvgIpc) is 2.89. The van der Waals surface area contributed by atoms with E-state index in [-0.39, 0.29) is 5.41 Å². The number of imidazole rings is 1. The van der Waals surface area contributed by atoms with Gasteiger partial charge >= 0.3 is 0 Å². The lowest BCUT2D eigenvalue weighted by Crippen LogP contribution is -2.41. The highest BCUT2D eigenvalue weighted by Gasteiger charge is 2.37. The van der Waals surface area contributed by atoms with Gasteiger partial charge in [0.1, 0.15) is 5.82 Å². The fourth-order valence-corrected chi connectivity index (χ4v) is 3.90. The molecule has 0 unspecified atom stereocenters. The molecule has 0 spiro atoms. The number of fused-ring (bicyclic) bond motifs is 1. The van der Waals surface area contributed by atoms with Crippen LogP contribution in [0.15, 0.2) is 24.3 Å². The molecule has 3 heteroatoms. The zero-order valence-corrected chi connectivity index (χ0v) is 13.4. The lowest BCUT2D eigenvalue weighted by Gasteiger charge is -2.37. The number of aromatic nitrogens is 2. The number of rotatable bonds is 5. The first-order chi connectivity index (χ1) is 10.3. The zero-order valence-electron chi connectivity index (χ0n) is 13.4. The van der Waals surface area contributed by atoms with Gasteiger partial charge in [-0.05, 0) is 50.9 Å². The van der Waals surface area contributed by atoms with E-state index in [9.17, 15) is 0 Å². The second kappa shape index (κ2) is 6.18. The van der Waals surface area contributed by atoms with E-state index in [1.807, 2.05) is 0 Å². The minimum absolute atomic E-state index is 0.272. The Kier molecular flexibility index (Phi) is 4.29. The summed E-state index contributed by atoms with van der Waals surface area (Å²) < 4.78 is 2.50. The molecule has 0 aliphatic carbocycles. The first kappa shape index (κ1) is 14.6. The van der Waals surface area contributed by atoms with Crippen molar-refractivity contribution in [3.63, 3.8) is 0 Å². The van der Waals surface area contributed by atoms with Crippen LogP contribution >= 0.6 is 0 Å². The van der Waals surface area contributed by atoms with Gasteiger partial charge < -0.3 is 9.88 Å². The summed E-state index contributed by atoms with van der Waals surface area (Å²) in [5.41, 5.74) is 2.74. The molecule has 1 aromatic heterocycles. The molecule has 2 heterocycles. The van der Waals surface area contributed by atoms with Gasteiger partial charge in [0.25, 0.3) is 0 Å². The van der Waals surface area contributed by atoms with Crippen LogP contribution in [-0.2, 0) is 12.0 Å². The maximum atomic E-state index is 5.08. The highest BCUT2D eigenvalue weighted by atomic mass is 15.1. The van der Waals surface area contributed by atoms with Crippen LogP contribution in [0.1, 0.15) is 51.8 Å². The van der Waals surface area contributed by atoms with Gasteiger partial charge in [-0.2, -0.15) is 0 Å². The molecule has 1 aromatic carbocycles. The van der Waals surface area contributed by atoms with Gasteiger partial charge in [0.2, 0.25) is 0 Å². The predicted molar refractivity (Wildman–Crippen MR) is 88.7 cm³/mol. The number of para-hydroxylation sites is 2. The number of benzene rings is 1. The largest absolute Gasteiger partial charge is 0.328 e. The molecule has 0 saturated carbocycles. The van der Waals surface area contributed by atoms with E-state index < -0.39 is 0 Å². The number of hydrogen-bond donors (Lipinski definition) is 1. The fourth-order valence-electron chi connectivity index (χ4n) is 3.90. The summed E-state index contributed by atoms with van der Waals surface area (Å²) in [4.78, 5) is 5.08. The van der Waals surface area contributed by atoms with E-state index in [1.54, 1.807) is 0 Å². The Morgan fingerprint density at radius 3 is 2.62 bits per heavy atom. The van der Waals surface area contributed by atoms with Crippen molar-refractivity contribution in [2.24, 2.45) is 0 Å². The molecule has 0 radical (unpaired) electrons. The van der Waals surface area contributed by atoms with Gasteiger partial charge in [-0.3, -0.25) is 0 Å². The Labute approximate surface area is 127 Å². The molecule has 3 rings (SSSR count). The molecule has 1 N–H and O–H groups in total. The summed E-state index contributed by atoms with van der Waals surface area (Å²) in [7, 11) is 0. The van der Waals surface area contributed by atoms with Crippen molar-refractivity contribution in [3.05, 3.63) is 30.1 Å². The van der Waals surface area contributed by atoms with Crippen molar-refractivity contribution in [1.29, 1.82) is 0 Å². The minimum Gasteiger partial charge on any atom is -0.328 e. The Bertz CT molecular complexity index is 588. The smallest absolute Gasteiger partial charge is 0.116 e. The van der Waals surface area contributed by atoms with E-state index in [0.29, 0.717) is 0 Å². The van der Waals surface area contributed by atoms with E-state index in [1.165, 1.54) is 37.0 Å². The summed E-state index contributed by atoms with van der Waals surface area (Å²) in [6, 6.07) is 8.62. The second-order valence-electron chi connectivity index (χ2n) is 6.36. The molecule has 21 heavy (non-hydrogen) atoms. The molecule has 2 aromatic rings. The van der Waals surface area contributed by atoms with Crippen LogP contribution in [-0.4, -0.2) is 22.6 Å². The fraction of sp³-hybridized carbons (Fsp3) is 0.611. The second-order valence-corrected chi connectivity index (χ2v) is 6.36. The highest BCUT2D eigenvalue weighted by molar-refractivity contribution is 5.76. The third-order valence-electron chi connectivity index (χ3n) is 4.87. The van der Waals surface area contributed by atoms with Crippen LogP contribution in [0.2, 0.25) is 0 Å². The molecule has 1 fully saturated rings. The average molecular weight is 285 g/mol. The Morgan fingerprint density at radius 1 is 1.14 bits per heavy atom. The molecule has 1 saturated heterocycles. The lowest BCUT2D eigenvalue weighted by atomic mass is 9.74. The molecule has 1 aliphatic heterocycles. The third kappa shape index (κ3) is 2.59. The first-order valence-electron chi connectivity index (χ1n) is 8.47. The number of nitrogens with zero attached hydrogens (tertiary/aromatic N) is 2. The van der Waals surface area contributed by atoms with Crippen LogP contribution in [0.25, 0.3) is 11.0 Å². The normalized spacial score (nSPS) is 18.2. The number of hydrogen-bond acceptors (Lipinski definition) is 2. The van der Waals surface area contributed by atoms with Crippen molar-refractivity contribution in [2.45, 2.75) is 57.9 Å². The summed E-state index contributed by atoms with van der Waals surface area (Å²) >= 11 is 0. The van der Waals surface area contributed by atoms with Crippen molar-refractivity contribution >= 4 is 11.0 Å². The minimum atomic E-state index is 0.272. The molecule has 0 atom stereocenters. The third-order valence-corrected chi connectivity index (χ3v) is 4.87. The molecule has 114 valence electrons. The lowest BCUT2D eigenvalue weighted by molar-refractivity contribution is 0.263. The van der Waals surface area contributed by atoms with Crippen molar-refractivity contribution in [2.75, 3.05) is 13.1 Å². The molecule has 0 amide bonds. The first-order valence-corrected chi connectivity index (χ1v) is 8.47. The van der Waals surface area contributed by atoms with Gasteiger partial charge in [0, 0.05) is 12.0 Å². The van der Waals surface area contributed by atoms with Crippen LogP contribution < -0.4 is 5.32 Å². The monoisotopic (exact) mass is 285 g/mol. The molecular weight excluding hydrogens is 258 g/mol. The van der Waals surface area contributed by atoms with Crippen molar-refractivity contribution < 1.29 is 0 Å². The van der Waals surface area contributed by atoms with Gasteiger partial charge in [0.05, 0.1) is 11.0 Å². The number of aryl methyl sites for hydroxylation is 1. The van der Waals surface area contributed by atoms with Crippen LogP contribution in [0.4, 0.5) is 0 Å². The van der Waals surface area contributed by atoms with Crippen LogP contribution in [0.3, 0.4) is 0 Å². The summed E-state index contributed by atoms with van der Waals surface area (Å²) in [6.45, 7) is 7.88. The zero-order chi connectivity index (χ0) is 14.7. The Balaban J connectivity index is 2.13. The Morgan fingerprint density at radius 2 is 1.90 bits per heavy atom. The summed E-state index contributed by atoms with van der Waals surface area (Å²) in [5, 5.41) is 3.52. The van der Waals surface area contributed by atoms with E-state index in [2.05, 4.69) is 48.0 Å². The quantitative estimate of drug-likeness (QED) is 0.904. The number of piperidine rings is 1. The predicted octanol–water partition coefficient (Wildman–Crippen LogP) is 3.87. The molecule has 1 aliphatic rings. The van der Waals surface area contributed by atoms with Gasteiger partial charge in [-0.15, -0.1) is 0 Å². The molecule has 3 nitrogen and oxygen atoms in total. The molecule has 0 bridgehead atoms. The van der Waals surface area contributed by atoms with Crippen molar-refractivity contribution in [1.82, 2.24) is 14.9 Å². The molecular formula is C18H27N3. The van der Waals surface area contributed by atoms with Gasteiger partial charge in [-0.1, -0.05) is 32.4 Å². The Hall–Kier alpha value is -1.35. The van der Waals surface area contributed by atoms with E-state index >= 15 is 0 Å². The van der Waals surface area contributed by atoms with Crippen LogP contribution in [0.5, 0.6) is 0 Å². The van der Waals surface area contributed by atoms with Gasteiger partial charge in [0.15, 0.2) is 0 Å². The number of nitrogens with one attached hydrogen (secondary N) is 1. The van der Waals surface area contributed by atoms with Crippen LogP contribution in [0, 0.1) is 0 Å². The van der Waals surface area contributed by atoms with E-state index in [4.69, 9.17) is 4.98 Å². The van der Waals surface area contributed by atoms with Crippen molar-refractivity contribution in [3.8, 4) is 0 Å². The standard InChI is InChI=1S/C18H27N3/c1-3-9-18(10-12-19-13-11-18)17-20-15-7-5-6-8-16(15)21(17)14-4-2/h5-8,19H,3-4,9-14H2,1-2H3. The summed E-state index contributed by atoms with van der Waals surface area (Å²) in [6.07, 6.45) is 6.08. The SMILES string of the molecule is CCCn1c(C2(CCC)CCNCC2)nc2ccccc21. The van der Waals surface area contributed by atoms with Gasteiger partial charge in [-0.25, -0.2) is 4.98 Å². The maximum absolute atomic E-state index is 5.08.